The van der Waals surface area contributed by atoms with Crippen molar-refractivity contribution in [2.75, 3.05) is 13.1 Å². The van der Waals surface area contributed by atoms with Crippen LogP contribution in [0.2, 0.25) is 0 Å². The molecule has 0 spiro atoms. The fourth-order valence-electron chi connectivity index (χ4n) is 1.93. The molecule has 25 heavy (non-hydrogen) atoms. The van der Waals surface area contributed by atoms with Gasteiger partial charge in [-0.3, -0.25) is 9.79 Å². The van der Waals surface area contributed by atoms with E-state index in [0.29, 0.717) is 6.54 Å². The smallest absolute Gasteiger partial charge is 0.346 e. The van der Waals surface area contributed by atoms with Crippen LogP contribution in [0.3, 0.4) is 0 Å². The highest BCUT2D eigenvalue weighted by Gasteiger charge is 2.44. The lowest BCUT2D eigenvalue weighted by Crippen LogP contribution is -2.57. The van der Waals surface area contributed by atoms with Crippen molar-refractivity contribution >= 4 is 41.0 Å². The van der Waals surface area contributed by atoms with Gasteiger partial charge in [0.25, 0.3) is 0 Å². The van der Waals surface area contributed by atoms with E-state index < -0.39 is 22.3 Å². The number of alkyl halides is 2. The van der Waals surface area contributed by atoms with Gasteiger partial charge in [-0.25, -0.2) is 4.79 Å². The molecule has 1 rings (SSSR count). The predicted octanol–water partition coefficient (Wildman–Crippen LogP) is 0.183. The van der Waals surface area contributed by atoms with E-state index in [1.165, 1.54) is 0 Å². The fraction of sp³-hybridized carbons (Fsp3) is 0.400. The molecule has 1 amide bonds. The number of nitrogens with zero attached hydrogens (tertiary/aromatic N) is 1. The number of carboxylic acids is 1. The van der Waals surface area contributed by atoms with E-state index in [0.717, 1.165) is 5.56 Å². The van der Waals surface area contributed by atoms with Gasteiger partial charge in [-0.05, 0) is 12.0 Å². The van der Waals surface area contributed by atoms with Crippen LogP contribution < -0.4 is 22.1 Å². The Hall–Kier alpha value is -2.03. The van der Waals surface area contributed by atoms with Crippen LogP contribution in [0, 0.1) is 0 Å². The number of amides is 1. The van der Waals surface area contributed by atoms with Crippen LogP contribution >= 0.6 is 23.2 Å². The summed E-state index contributed by atoms with van der Waals surface area (Å²) >= 11 is 12.1. The van der Waals surface area contributed by atoms with Gasteiger partial charge in [0.1, 0.15) is 0 Å². The highest BCUT2D eigenvalue weighted by Crippen LogP contribution is 2.25. The molecule has 7 N–H and O–H groups in total. The molecule has 0 fully saturated rings. The number of aliphatic carboxylic acids is 1. The van der Waals surface area contributed by atoms with Crippen LogP contribution in [0.5, 0.6) is 0 Å². The highest BCUT2D eigenvalue weighted by atomic mass is 35.5. The second-order valence-corrected chi connectivity index (χ2v) is 6.34. The van der Waals surface area contributed by atoms with Crippen LogP contribution in [0.15, 0.2) is 35.3 Å². The van der Waals surface area contributed by atoms with Crippen molar-refractivity contribution in [1.82, 2.24) is 10.6 Å². The minimum absolute atomic E-state index is 0.0625. The van der Waals surface area contributed by atoms with Crippen molar-refractivity contribution in [1.29, 1.82) is 0 Å². The molecule has 8 nitrogen and oxygen atoms in total. The van der Waals surface area contributed by atoms with Gasteiger partial charge in [-0.1, -0.05) is 41.9 Å². The van der Waals surface area contributed by atoms with Crippen molar-refractivity contribution in [2.24, 2.45) is 16.5 Å². The first kappa shape index (κ1) is 21.0. The molecular weight excluding hydrogens is 369 g/mol. The lowest BCUT2D eigenvalue weighted by atomic mass is 10.1. The number of hydrogen-bond donors (Lipinski definition) is 5. The quantitative estimate of drug-likeness (QED) is 0.167. The van der Waals surface area contributed by atoms with E-state index >= 15 is 0 Å². The van der Waals surface area contributed by atoms with E-state index in [-0.39, 0.29) is 25.5 Å². The Morgan fingerprint density at radius 2 is 1.92 bits per heavy atom. The zero-order valence-corrected chi connectivity index (χ0v) is 14.9. The number of carbonyl (C=O) groups excluding carboxylic acids is 1. The highest BCUT2D eigenvalue weighted by molar-refractivity contribution is 6.40. The molecule has 0 saturated carbocycles. The van der Waals surface area contributed by atoms with Crippen LogP contribution in [0.4, 0.5) is 0 Å². The number of benzene rings is 1. The van der Waals surface area contributed by atoms with E-state index in [9.17, 15) is 14.7 Å². The maximum absolute atomic E-state index is 12.0. The molecule has 0 heterocycles. The van der Waals surface area contributed by atoms with Gasteiger partial charge in [0.15, 0.2) is 5.96 Å². The SMILES string of the molecule is NC(N)=NCCC(Cl)[C@](Cl)(NC(=O)CNCc1ccccc1)C(=O)O. The van der Waals surface area contributed by atoms with Gasteiger partial charge in [0, 0.05) is 13.1 Å². The average molecular weight is 390 g/mol. The van der Waals surface area contributed by atoms with Gasteiger partial charge in [0.05, 0.1) is 11.9 Å². The third kappa shape index (κ3) is 7.16. The molecule has 2 atom stereocenters. The summed E-state index contributed by atoms with van der Waals surface area (Å²) in [5.74, 6) is -2.20. The third-order valence-electron chi connectivity index (χ3n) is 3.20. The number of rotatable bonds is 10. The molecule has 0 aliphatic rings. The Morgan fingerprint density at radius 1 is 1.28 bits per heavy atom. The maximum Gasteiger partial charge on any atom is 0.346 e. The minimum atomic E-state index is -2.16. The van der Waals surface area contributed by atoms with Crippen molar-refractivity contribution in [2.45, 2.75) is 23.3 Å². The summed E-state index contributed by atoms with van der Waals surface area (Å²) in [6, 6.07) is 9.42. The number of carbonyl (C=O) groups is 2. The maximum atomic E-state index is 12.0. The summed E-state index contributed by atoms with van der Waals surface area (Å²) in [5.41, 5.74) is 11.4. The molecule has 1 aromatic rings. The Labute approximate surface area is 155 Å². The number of hydrogen-bond acceptors (Lipinski definition) is 4. The standard InChI is InChI=1S/C15H21Cl2N5O3/c16-11(6-7-21-14(18)19)15(17,13(24)25)22-12(23)9-20-8-10-4-2-1-3-5-10/h1-5,11,20H,6-9H2,(H,22,23)(H,24,25)(H4,18,19,21)/t11?,15-/m0/s1. The molecule has 1 unspecified atom stereocenters. The molecule has 0 bridgehead atoms. The van der Waals surface area contributed by atoms with Gasteiger partial charge in [0.2, 0.25) is 10.9 Å². The van der Waals surface area contributed by atoms with Gasteiger partial charge in [-0.15, -0.1) is 11.6 Å². The summed E-state index contributed by atoms with van der Waals surface area (Å²) in [4.78, 5) is 25.0. The molecule has 0 saturated heterocycles. The van der Waals surface area contributed by atoms with Crippen molar-refractivity contribution in [3.8, 4) is 0 Å². The van der Waals surface area contributed by atoms with Crippen LogP contribution in [0.25, 0.3) is 0 Å². The van der Waals surface area contributed by atoms with Crippen LogP contribution in [-0.2, 0) is 16.1 Å². The van der Waals surface area contributed by atoms with Crippen molar-refractivity contribution in [3.63, 3.8) is 0 Å². The number of guanidine groups is 1. The van der Waals surface area contributed by atoms with E-state index in [2.05, 4.69) is 15.6 Å². The second kappa shape index (κ2) is 10.1. The van der Waals surface area contributed by atoms with Gasteiger partial charge in [-0.2, -0.15) is 0 Å². The summed E-state index contributed by atoms with van der Waals surface area (Å²) in [7, 11) is 0. The van der Waals surface area contributed by atoms with Crippen LogP contribution in [0.1, 0.15) is 12.0 Å². The topological polar surface area (TPSA) is 143 Å². The molecule has 0 aliphatic heterocycles. The largest absolute Gasteiger partial charge is 0.479 e. The Kier molecular flexibility index (Phi) is 8.47. The lowest BCUT2D eigenvalue weighted by molar-refractivity contribution is -0.143. The Bertz CT molecular complexity index is 610. The normalized spacial score (nSPS) is 14.2. The minimum Gasteiger partial charge on any atom is -0.479 e. The first-order valence-electron chi connectivity index (χ1n) is 7.43. The monoisotopic (exact) mass is 389 g/mol. The first-order chi connectivity index (χ1) is 11.8. The molecular formula is C15H21Cl2N5O3. The molecule has 10 heteroatoms. The van der Waals surface area contributed by atoms with E-state index in [4.69, 9.17) is 34.7 Å². The molecule has 0 aliphatic carbocycles. The van der Waals surface area contributed by atoms with Gasteiger partial charge < -0.3 is 27.2 Å². The fourth-order valence-corrected chi connectivity index (χ4v) is 2.39. The zero-order valence-electron chi connectivity index (χ0n) is 13.4. The number of carboxylic acid groups (broad SMARTS) is 1. The van der Waals surface area contributed by atoms with Gasteiger partial charge >= 0.3 is 5.97 Å². The Balaban J connectivity index is 2.55. The lowest BCUT2D eigenvalue weighted by Gasteiger charge is -2.28. The average Bonchev–Trinajstić information content (AvgIpc) is 2.55. The molecule has 1 aromatic carbocycles. The summed E-state index contributed by atoms with van der Waals surface area (Å²) in [5, 5.41) is 13.3. The zero-order chi connectivity index (χ0) is 18.9. The number of halogens is 2. The summed E-state index contributed by atoms with van der Waals surface area (Å²) in [6.45, 7) is 0.417. The summed E-state index contributed by atoms with van der Waals surface area (Å²) in [6.07, 6.45) is 0.0625. The first-order valence-corrected chi connectivity index (χ1v) is 8.24. The number of aliphatic imine (C=N–C) groups is 1. The molecule has 138 valence electrons. The van der Waals surface area contributed by atoms with E-state index in [1.807, 2.05) is 30.3 Å². The van der Waals surface area contributed by atoms with Crippen molar-refractivity contribution in [3.05, 3.63) is 35.9 Å². The molecule has 0 radical (unpaired) electrons. The second-order valence-electron chi connectivity index (χ2n) is 5.22. The molecule has 0 aromatic heterocycles. The van der Waals surface area contributed by atoms with Crippen LogP contribution in [-0.4, -0.2) is 46.4 Å². The predicted molar refractivity (Wildman–Crippen MR) is 97.4 cm³/mol. The van der Waals surface area contributed by atoms with E-state index in [1.54, 1.807) is 0 Å². The third-order valence-corrected chi connectivity index (χ3v) is 4.38. The summed E-state index contributed by atoms with van der Waals surface area (Å²) < 4.78 is 0. The number of nitrogens with two attached hydrogens (primary N) is 2. The van der Waals surface area contributed by atoms with Crippen molar-refractivity contribution < 1.29 is 14.7 Å². The number of nitrogens with one attached hydrogen (secondary N) is 2. The Morgan fingerprint density at radius 3 is 2.48 bits per heavy atom.